The zero-order valence-electron chi connectivity index (χ0n) is 16.3. The van der Waals surface area contributed by atoms with Gasteiger partial charge in [-0.25, -0.2) is 4.79 Å². The van der Waals surface area contributed by atoms with Gasteiger partial charge in [-0.1, -0.05) is 36.4 Å². The second kappa shape index (κ2) is 8.44. The van der Waals surface area contributed by atoms with Gasteiger partial charge in [-0.2, -0.15) is 0 Å². The minimum atomic E-state index is -0.536. The van der Waals surface area contributed by atoms with Crippen molar-refractivity contribution in [1.82, 2.24) is 0 Å². The summed E-state index contributed by atoms with van der Waals surface area (Å²) in [7, 11) is 0. The molecule has 0 atom stereocenters. The Kier molecular flexibility index (Phi) is 5.79. The third-order valence-corrected chi connectivity index (χ3v) is 4.45. The van der Waals surface area contributed by atoms with E-state index in [9.17, 15) is 15.1 Å². The number of aromatic hydroxyl groups is 1. The number of rotatable bonds is 5. The first-order valence-corrected chi connectivity index (χ1v) is 9.04. The fourth-order valence-electron chi connectivity index (χ4n) is 2.96. The summed E-state index contributed by atoms with van der Waals surface area (Å²) >= 11 is 0. The third kappa shape index (κ3) is 4.71. The molecule has 0 unspecified atom stereocenters. The molecule has 0 saturated carbocycles. The zero-order valence-corrected chi connectivity index (χ0v) is 16.3. The molecule has 3 aromatic rings. The lowest BCUT2D eigenvalue weighted by molar-refractivity contribution is -0.706. The number of hydrogen-bond acceptors (Lipinski definition) is 4. The minimum absolute atomic E-state index is 0.214. The first kappa shape index (κ1) is 19.9. The van der Waals surface area contributed by atoms with Gasteiger partial charge in [0, 0.05) is 10.8 Å². The first-order valence-electron chi connectivity index (χ1n) is 9.04. The molecule has 29 heavy (non-hydrogen) atoms. The van der Waals surface area contributed by atoms with Crippen molar-refractivity contribution in [3.8, 4) is 11.5 Å². The number of para-hydroxylation sites is 2. The van der Waals surface area contributed by atoms with Crippen molar-refractivity contribution in [2.75, 3.05) is 0 Å². The van der Waals surface area contributed by atoms with Crippen LogP contribution in [0.1, 0.15) is 32.6 Å². The van der Waals surface area contributed by atoms with Crippen molar-refractivity contribution in [2.24, 2.45) is 0 Å². The molecule has 0 amide bonds. The van der Waals surface area contributed by atoms with Gasteiger partial charge in [0.25, 0.3) is 5.69 Å². The molecular formula is C24H22NO4+. The smallest absolute Gasteiger partial charge is 0.343 e. The molecule has 0 aromatic heterocycles. The molecule has 0 heterocycles. The number of phenols is 1. The first-order chi connectivity index (χ1) is 13.8. The molecule has 0 aliphatic carbocycles. The van der Waals surface area contributed by atoms with E-state index in [0.717, 1.165) is 22.3 Å². The van der Waals surface area contributed by atoms with Crippen LogP contribution in [0, 0.1) is 13.8 Å². The maximum Gasteiger partial charge on any atom is 0.343 e. The average molecular weight is 388 g/mol. The van der Waals surface area contributed by atoms with Gasteiger partial charge in [-0.15, -0.1) is 0 Å². The number of esters is 1. The van der Waals surface area contributed by atoms with Crippen LogP contribution >= 0.6 is 0 Å². The molecule has 3 rings (SSSR count). The second-order valence-corrected chi connectivity index (χ2v) is 6.72. The summed E-state index contributed by atoms with van der Waals surface area (Å²) in [5.41, 5.74) is 4.08. The van der Waals surface area contributed by atoms with Crippen LogP contribution in [-0.4, -0.2) is 27.7 Å². The molecule has 0 fully saturated rings. The van der Waals surface area contributed by atoms with Crippen LogP contribution < -0.4 is 4.74 Å². The van der Waals surface area contributed by atoms with Crippen molar-refractivity contribution in [1.29, 1.82) is 0 Å². The summed E-state index contributed by atoms with van der Waals surface area (Å²) in [6, 6.07) is 17.4. The standard InChI is InChI=1S/C24H21NO4/c1-16-13-19(14-17(2)23(16)26)12-11-18-7-6-8-20(15-18)24(27)29-22-10-5-4-9-21(22)25(3)28/h4-15H,3H2,1-2H3,(H-,26,28)/p+1/b12-11+. The van der Waals surface area contributed by atoms with E-state index in [1.54, 1.807) is 42.5 Å². The van der Waals surface area contributed by atoms with Crippen molar-refractivity contribution < 1.29 is 24.6 Å². The highest BCUT2D eigenvalue weighted by molar-refractivity contribution is 5.92. The molecule has 2 N–H and O–H groups in total. The summed E-state index contributed by atoms with van der Waals surface area (Å²) in [4.78, 5) is 12.5. The van der Waals surface area contributed by atoms with Gasteiger partial charge in [-0.05, 0) is 66.4 Å². The summed E-state index contributed by atoms with van der Waals surface area (Å²) in [5, 5.41) is 19.5. The number of carbonyl (C=O) groups is 1. The van der Waals surface area contributed by atoms with E-state index in [-0.39, 0.29) is 11.4 Å². The lowest BCUT2D eigenvalue weighted by Crippen LogP contribution is -2.10. The van der Waals surface area contributed by atoms with E-state index < -0.39 is 5.97 Å². The van der Waals surface area contributed by atoms with E-state index in [1.807, 2.05) is 44.2 Å². The number of ether oxygens (including phenoxy) is 1. The molecule has 0 aliphatic rings. The van der Waals surface area contributed by atoms with Crippen LogP contribution in [0.5, 0.6) is 11.5 Å². The number of hydrogen-bond donors (Lipinski definition) is 2. The number of phenolic OH excluding ortho intramolecular Hbond substituents is 1. The van der Waals surface area contributed by atoms with Crippen molar-refractivity contribution >= 4 is 30.5 Å². The second-order valence-electron chi connectivity index (χ2n) is 6.72. The molecular weight excluding hydrogens is 366 g/mol. The number of nitrogens with zero attached hydrogens (tertiary/aromatic N) is 1. The fraction of sp³-hybridized carbons (Fsp3) is 0.0833. The maximum atomic E-state index is 12.5. The largest absolute Gasteiger partial charge is 0.507 e. The quantitative estimate of drug-likeness (QED) is 0.121. The van der Waals surface area contributed by atoms with Crippen molar-refractivity contribution in [3.63, 3.8) is 0 Å². The van der Waals surface area contributed by atoms with Crippen LogP contribution in [0.4, 0.5) is 5.69 Å². The van der Waals surface area contributed by atoms with Gasteiger partial charge in [0.1, 0.15) is 5.75 Å². The molecule has 5 heteroatoms. The molecule has 0 aliphatic heterocycles. The van der Waals surface area contributed by atoms with Gasteiger partial charge in [0.05, 0.1) is 5.56 Å². The van der Waals surface area contributed by atoms with Gasteiger partial charge in [-0.3, -0.25) is 5.21 Å². The molecule has 3 aromatic carbocycles. The Labute approximate surface area is 169 Å². The number of benzene rings is 3. The van der Waals surface area contributed by atoms with Gasteiger partial charge in [0.2, 0.25) is 5.75 Å². The minimum Gasteiger partial charge on any atom is -0.507 e. The van der Waals surface area contributed by atoms with Crippen LogP contribution in [0.25, 0.3) is 12.2 Å². The van der Waals surface area contributed by atoms with E-state index in [4.69, 9.17) is 4.74 Å². The summed E-state index contributed by atoms with van der Waals surface area (Å²) in [6.45, 7) is 7.12. The summed E-state index contributed by atoms with van der Waals surface area (Å²) in [5.74, 6) is -0.0206. The Morgan fingerprint density at radius 3 is 2.31 bits per heavy atom. The highest BCUT2D eigenvalue weighted by atomic mass is 16.5. The van der Waals surface area contributed by atoms with E-state index >= 15 is 0 Å². The fourth-order valence-corrected chi connectivity index (χ4v) is 2.96. The SMILES string of the molecule is C=[N+](O)c1ccccc1OC(=O)c1cccc(/C=C/c2cc(C)c(O)c(C)c2)c1. The molecule has 0 spiro atoms. The Morgan fingerprint density at radius 1 is 0.966 bits per heavy atom. The van der Waals surface area contributed by atoms with Crippen LogP contribution in [-0.2, 0) is 0 Å². The highest BCUT2D eigenvalue weighted by Gasteiger charge is 2.17. The predicted molar refractivity (Wildman–Crippen MR) is 113 cm³/mol. The Balaban J connectivity index is 1.81. The Hall–Kier alpha value is -3.86. The average Bonchev–Trinajstić information content (AvgIpc) is 2.70. The molecule has 146 valence electrons. The Morgan fingerprint density at radius 2 is 1.62 bits per heavy atom. The Bertz CT molecular complexity index is 1090. The van der Waals surface area contributed by atoms with E-state index in [2.05, 4.69) is 6.72 Å². The van der Waals surface area contributed by atoms with Gasteiger partial charge >= 0.3 is 5.97 Å². The van der Waals surface area contributed by atoms with Crippen LogP contribution in [0.2, 0.25) is 0 Å². The van der Waals surface area contributed by atoms with Gasteiger partial charge in [0.15, 0.2) is 6.72 Å². The number of carbonyl (C=O) groups excluding carboxylic acids is 1. The monoisotopic (exact) mass is 388 g/mol. The summed E-state index contributed by atoms with van der Waals surface area (Å²) in [6.07, 6.45) is 3.81. The van der Waals surface area contributed by atoms with E-state index in [0.29, 0.717) is 16.1 Å². The topological polar surface area (TPSA) is 69.8 Å². The summed E-state index contributed by atoms with van der Waals surface area (Å²) < 4.78 is 6.08. The highest BCUT2D eigenvalue weighted by Crippen LogP contribution is 2.27. The third-order valence-electron chi connectivity index (χ3n) is 4.45. The molecule has 5 nitrogen and oxygen atoms in total. The van der Waals surface area contributed by atoms with E-state index in [1.165, 1.54) is 0 Å². The lowest BCUT2D eigenvalue weighted by atomic mass is 10.0. The maximum absolute atomic E-state index is 12.5. The number of aryl methyl sites for hydroxylation is 2. The lowest BCUT2D eigenvalue weighted by Gasteiger charge is -2.06. The van der Waals surface area contributed by atoms with Crippen molar-refractivity contribution in [3.05, 3.63) is 88.5 Å². The van der Waals surface area contributed by atoms with Gasteiger partial charge < -0.3 is 9.84 Å². The molecule has 0 bridgehead atoms. The van der Waals surface area contributed by atoms with Crippen LogP contribution in [0.15, 0.2) is 60.7 Å². The molecule has 0 radical (unpaired) electrons. The predicted octanol–water partition coefficient (Wildman–Crippen LogP) is 5.13. The molecule has 0 saturated heterocycles. The van der Waals surface area contributed by atoms with Crippen molar-refractivity contribution in [2.45, 2.75) is 13.8 Å². The zero-order chi connectivity index (χ0) is 21.0. The normalized spacial score (nSPS) is 10.8. The van der Waals surface area contributed by atoms with Crippen LogP contribution in [0.3, 0.4) is 0 Å².